The molecule has 148 valence electrons. The maximum atomic E-state index is 12.6. The summed E-state index contributed by atoms with van der Waals surface area (Å²) in [5.74, 6) is -0.0945. The van der Waals surface area contributed by atoms with Crippen molar-refractivity contribution in [2.75, 3.05) is 19.6 Å². The fourth-order valence-corrected chi connectivity index (χ4v) is 3.49. The van der Waals surface area contributed by atoms with Gasteiger partial charge in [0.2, 0.25) is 5.91 Å². The van der Waals surface area contributed by atoms with Gasteiger partial charge in [-0.15, -0.1) is 0 Å². The van der Waals surface area contributed by atoms with Gasteiger partial charge in [-0.2, -0.15) is 0 Å². The van der Waals surface area contributed by atoms with Gasteiger partial charge in [0.05, 0.1) is 12.0 Å². The molecule has 3 rings (SSSR count). The lowest BCUT2D eigenvalue weighted by atomic mass is 9.94. The van der Waals surface area contributed by atoms with Crippen molar-refractivity contribution in [1.82, 2.24) is 10.2 Å². The molecule has 2 aromatic carbocycles. The Morgan fingerprint density at radius 3 is 2.57 bits per heavy atom. The van der Waals surface area contributed by atoms with E-state index in [9.17, 15) is 19.8 Å². The number of phenolic OH excluding ortho intramolecular Hbond substituents is 1. The highest BCUT2D eigenvalue weighted by molar-refractivity contribution is 5.94. The molecule has 28 heavy (non-hydrogen) atoms. The number of carbonyl (C=O) groups is 2. The molecule has 0 saturated carbocycles. The van der Waals surface area contributed by atoms with Crippen LogP contribution in [0.15, 0.2) is 54.6 Å². The Morgan fingerprint density at radius 1 is 1.04 bits per heavy atom. The molecular weight excluding hydrogens is 356 g/mol. The highest BCUT2D eigenvalue weighted by Gasteiger charge is 2.32. The summed E-state index contributed by atoms with van der Waals surface area (Å²) in [6.45, 7) is 1.18. The van der Waals surface area contributed by atoms with Crippen molar-refractivity contribution in [1.29, 1.82) is 0 Å². The van der Waals surface area contributed by atoms with Gasteiger partial charge in [0.1, 0.15) is 5.75 Å². The molecule has 1 aliphatic rings. The molecule has 0 bridgehead atoms. The van der Waals surface area contributed by atoms with E-state index in [4.69, 9.17) is 0 Å². The van der Waals surface area contributed by atoms with E-state index in [1.54, 1.807) is 47.4 Å². The third kappa shape index (κ3) is 5.33. The Balaban J connectivity index is 1.53. The maximum absolute atomic E-state index is 12.6. The number of hydrogen-bond donors (Lipinski definition) is 3. The van der Waals surface area contributed by atoms with E-state index in [2.05, 4.69) is 5.32 Å². The van der Waals surface area contributed by atoms with Crippen LogP contribution in [0.5, 0.6) is 5.75 Å². The van der Waals surface area contributed by atoms with Gasteiger partial charge in [0, 0.05) is 25.2 Å². The summed E-state index contributed by atoms with van der Waals surface area (Å²) >= 11 is 0. The summed E-state index contributed by atoms with van der Waals surface area (Å²) < 4.78 is 0. The number of nitrogens with one attached hydrogen (secondary N) is 1. The van der Waals surface area contributed by atoms with Crippen LogP contribution in [0, 0.1) is 0 Å². The Morgan fingerprint density at radius 2 is 1.82 bits per heavy atom. The van der Waals surface area contributed by atoms with Crippen molar-refractivity contribution in [2.45, 2.75) is 31.3 Å². The number of rotatable bonds is 5. The number of hydrogen-bond acceptors (Lipinski definition) is 4. The third-order valence-electron chi connectivity index (χ3n) is 5.15. The first-order chi connectivity index (χ1) is 13.5. The van der Waals surface area contributed by atoms with Crippen LogP contribution >= 0.6 is 0 Å². The van der Waals surface area contributed by atoms with Crippen LogP contribution in [0.25, 0.3) is 0 Å². The van der Waals surface area contributed by atoms with Crippen molar-refractivity contribution in [3.05, 3.63) is 65.7 Å². The minimum atomic E-state index is -1.02. The molecule has 0 aliphatic carbocycles. The van der Waals surface area contributed by atoms with Gasteiger partial charge < -0.3 is 20.4 Å². The second-order valence-electron chi connectivity index (χ2n) is 7.35. The highest BCUT2D eigenvalue weighted by atomic mass is 16.3. The second-order valence-corrected chi connectivity index (χ2v) is 7.35. The van der Waals surface area contributed by atoms with E-state index in [-0.39, 0.29) is 30.5 Å². The molecule has 1 atom stereocenters. The van der Waals surface area contributed by atoms with Gasteiger partial charge in [-0.1, -0.05) is 30.3 Å². The average Bonchev–Trinajstić information content (AvgIpc) is 2.89. The largest absolute Gasteiger partial charge is 0.508 e. The summed E-state index contributed by atoms with van der Waals surface area (Å²) in [6.07, 6.45) is 1.83. The summed E-state index contributed by atoms with van der Waals surface area (Å²) in [4.78, 5) is 26.5. The quantitative estimate of drug-likeness (QED) is 0.739. The summed E-state index contributed by atoms with van der Waals surface area (Å²) in [5.41, 5.74) is 0.298. The van der Waals surface area contributed by atoms with Crippen molar-refractivity contribution >= 4 is 11.8 Å². The van der Waals surface area contributed by atoms with E-state index in [0.717, 1.165) is 5.56 Å². The van der Waals surface area contributed by atoms with Crippen molar-refractivity contribution < 1.29 is 19.8 Å². The molecule has 2 amide bonds. The molecule has 3 N–H and O–H groups in total. The minimum absolute atomic E-state index is 0.0248. The topological polar surface area (TPSA) is 89.9 Å². The standard InChI is InChI=1S/C22H26N2O4/c25-19-9-4-6-17(14-19)15-20(26)24-12-5-10-22(28,11-13-24)16-23-21(27)18-7-2-1-3-8-18/h1-4,6-9,14,25,28H,5,10-13,15-16H2,(H,23,27)/t22-/m1/s1. The van der Waals surface area contributed by atoms with Crippen LogP contribution < -0.4 is 5.32 Å². The monoisotopic (exact) mass is 382 g/mol. The molecule has 0 radical (unpaired) electrons. The molecule has 0 unspecified atom stereocenters. The Kier molecular flexibility index (Phi) is 6.31. The SMILES string of the molecule is O=C(NC[C@@]1(O)CCCN(C(=O)Cc2cccc(O)c2)CC1)c1ccccc1. The average molecular weight is 382 g/mol. The summed E-state index contributed by atoms with van der Waals surface area (Å²) in [7, 11) is 0. The molecule has 1 aliphatic heterocycles. The first kappa shape index (κ1) is 19.9. The van der Waals surface area contributed by atoms with Crippen LogP contribution in [0.2, 0.25) is 0 Å². The van der Waals surface area contributed by atoms with Crippen molar-refractivity contribution in [2.24, 2.45) is 0 Å². The molecule has 1 saturated heterocycles. The maximum Gasteiger partial charge on any atom is 0.251 e. The highest BCUT2D eigenvalue weighted by Crippen LogP contribution is 2.23. The van der Waals surface area contributed by atoms with Crippen LogP contribution in [0.3, 0.4) is 0 Å². The number of benzene rings is 2. The van der Waals surface area contributed by atoms with E-state index >= 15 is 0 Å². The zero-order valence-corrected chi connectivity index (χ0v) is 15.8. The predicted octanol–water partition coefficient (Wildman–Crippen LogP) is 2.11. The third-order valence-corrected chi connectivity index (χ3v) is 5.15. The fourth-order valence-electron chi connectivity index (χ4n) is 3.49. The molecular formula is C22H26N2O4. The van der Waals surface area contributed by atoms with E-state index in [1.807, 2.05) is 12.1 Å². The Bertz CT molecular complexity index is 824. The fraction of sp³-hybridized carbons (Fsp3) is 0.364. The second kappa shape index (κ2) is 8.89. The van der Waals surface area contributed by atoms with Crippen molar-refractivity contribution in [3.8, 4) is 5.75 Å². The number of aromatic hydroxyl groups is 1. The van der Waals surface area contributed by atoms with Gasteiger partial charge in [-0.3, -0.25) is 9.59 Å². The smallest absolute Gasteiger partial charge is 0.251 e. The normalized spacial score (nSPS) is 19.7. The van der Waals surface area contributed by atoms with Gasteiger partial charge >= 0.3 is 0 Å². The molecule has 0 spiro atoms. The van der Waals surface area contributed by atoms with Crippen LogP contribution in [0.1, 0.15) is 35.2 Å². The molecule has 1 heterocycles. The summed E-state index contributed by atoms with van der Waals surface area (Å²) in [6, 6.07) is 15.6. The number of aliphatic hydroxyl groups is 1. The number of phenols is 1. The first-order valence-electron chi connectivity index (χ1n) is 9.56. The zero-order chi connectivity index (χ0) is 20.0. The zero-order valence-electron chi connectivity index (χ0n) is 15.8. The molecule has 2 aromatic rings. The Hall–Kier alpha value is -2.86. The number of amides is 2. The van der Waals surface area contributed by atoms with Gasteiger partial charge in [-0.05, 0) is 49.1 Å². The van der Waals surface area contributed by atoms with Crippen LogP contribution in [-0.2, 0) is 11.2 Å². The Labute approximate surface area is 164 Å². The predicted molar refractivity (Wildman–Crippen MR) is 106 cm³/mol. The van der Waals surface area contributed by atoms with Gasteiger partial charge in [0.25, 0.3) is 5.91 Å². The molecule has 1 fully saturated rings. The van der Waals surface area contributed by atoms with Gasteiger partial charge in [0.15, 0.2) is 0 Å². The number of likely N-dealkylation sites (tertiary alicyclic amines) is 1. The molecule has 6 heteroatoms. The van der Waals surface area contributed by atoms with E-state index in [1.165, 1.54) is 0 Å². The van der Waals surface area contributed by atoms with Crippen LogP contribution in [-0.4, -0.2) is 52.2 Å². The summed E-state index contributed by atoms with van der Waals surface area (Å²) in [5, 5.41) is 23.2. The molecule has 0 aromatic heterocycles. The number of nitrogens with zero attached hydrogens (tertiary/aromatic N) is 1. The van der Waals surface area contributed by atoms with Gasteiger partial charge in [-0.25, -0.2) is 0 Å². The lowest BCUT2D eigenvalue weighted by Crippen LogP contribution is -2.44. The number of carbonyl (C=O) groups excluding carboxylic acids is 2. The molecule has 6 nitrogen and oxygen atoms in total. The van der Waals surface area contributed by atoms with Crippen molar-refractivity contribution in [3.63, 3.8) is 0 Å². The van der Waals surface area contributed by atoms with E-state index in [0.29, 0.717) is 37.9 Å². The lowest BCUT2D eigenvalue weighted by molar-refractivity contribution is -0.130. The lowest BCUT2D eigenvalue weighted by Gasteiger charge is -2.27. The minimum Gasteiger partial charge on any atom is -0.508 e. The van der Waals surface area contributed by atoms with E-state index < -0.39 is 5.60 Å². The van der Waals surface area contributed by atoms with Crippen LogP contribution in [0.4, 0.5) is 0 Å². The first-order valence-corrected chi connectivity index (χ1v) is 9.56.